The van der Waals surface area contributed by atoms with Crippen LogP contribution in [0.1, 0.15) is 25.8 Å². The van der Waals surface area contributed by atoms with Crippen molar-refractivity contribution in [1.82, 2.24) is 5.32 Å². The van der Waals surface area contributed by atoms with Crippen LogP contribution in [0.25, 0.3) is 11.1 Å². The highest BCUT2D eigenvalue weighted by molar-refractivity contribution is 5.75. The Balaban J connectivity index is 1.69. The van der Waals surface area contributed by atoms with Crippen LogP contribution in [0.15, 0.2) is 42.5 Å². The summed E-state index contributed by atoms with van der Waals surface area (Å²) in [5.74, 6) is 0.803. The van der Waals surface area contributed by atoms with E-state index in [1.165, 1.54) is 0 Å². The van der Waals surface area contributed by atoms with E-state index in [0.717, 1.165) is 34.5 Å². The maximum atomic E-state index is 11.6. The van der Waals surface area contributed by atoms with E-state index in [-0.39, 0.29) is 6.79 Å². The van der Waals surface area contributed by atoms with Crippen molar-refractivity contribution in [3.05, 3.63) is 48.0 Å². The van der Waals surface area contributed by atoms with Gasteiger partial charge in [-0.05, 0) is 47.6 Å². The second-order valence-corrected chi connectivity index (χ2v) is 7.40. The molecule has 0 fully saturated rings. The monoisotopic (exact) mass is 383 g/mol. The van der Waals surface area contributed by atoms with Gasteiger partial charge < -0.3 is 19.4 Å². The predicted octanol–water partition coefficient (Wildman–Crippen LogP) is 3.28. The molecule has 1 aliphatic rings. The number of aliphatic carboxylic acids is 1. The predicted molar refractivity (Wildman–Crippen MR) is 106 cm³/mol. The minimum Gasteiger partial charge on any atom is -0.480 e. The first-order valence-corrected chi connectivity index (χ1v) is 9.39. The van der Waals surface area contributed by atoms with Gasteiger partial charge in [-0.3, -0.25) is 10.1 Å². The minimum atomic E-state index is -0.963. The summed E-state index contributed by atoms with van der Waals surface area (Å²) in [6, 6.07) is 12.2. The second kappa shape index (κ2) is 8.89. The minimum absolute atomic E-state index is 0.236. The Morgan fingerprint density at radius 3 is 2.43 bits per heavy atom. The van der Waals surface area contributed by atoms with Crippen LogP contribution in [-0.2, 0) is 16.0 Å². The van der Waals surface area contributed by atoms with E-state index < -0.39 is 18.1 Å². The van der Waals surface area contributed by atoms with Crippen molar-refractivity contribution < 1.29 is 24.2 Å². The van der Waals surface area contributed by atoms with E-state index in [2.05, 4.69) is 5.32 Å². The number of rotatable bonds is 9. The van der Waals surface area contributed by atoms with Crippen LogP contribution >= 0.6 is 0 Å². The molecular weight excluding hydrogens is 358 g/mol. The topological polar surface area (TPSA) is 84.9 Å². The van der Waals surface area contributed by atoms with Gasteiger partial charge in [-0.1, -0.05) is 44.2 Å². The van der Waals surface area contributed by atoms with Gasteiger partial charge in [-0.25, -0.2) is 0 Å². The average molecular weight is 383 g/mol. The highest BCUT2D eigenvalue weighted by Crippen LogP contribution is 2.35. The zero-order valence-electron chi connectivity index (χ0n) is 16.1. The zero-order valence-corrected chi connectivity index (χ0v) is 16.1. The second-order valence-electron chi connectivity index (χ2n) is 7.40. The Bertz CT molecular complexity index is 831. The summed E-state index contributed by atoms with van der Waals surface area (Å²) in [6.07, 6.45) is 1.70. The van der Waals surface area contributed by atoms with Crippen LogP contribution in [-0.4, -0.2) is 36.2 Å². The Labute approximate surface area is 164 Å². The molecule has 0 radical (unpaired) electrons. The molecule has 0 saturated heterocycles. The standard InChI is InChI=1S/C22H25NO5/c1-14(2)9-18(12-24)23-19(22(25)26)10-15-3-5-16(6-4-15)17-7-8-20-21(11-17)28-13-27-20/h3-8,11-12,14,18-19,23H,9-10,13H2,1-2H3,(H,25,26)/t18-,19-/m0/s1. The molecule has 148 valence electrons. The highest BCUT2D eigenvalue weighted by atomic mass is 16.7. The van der Waals surface area contributed by atoms with Gasteiger partial charge in [-0.15, -0.1) is 0 Å². The van der Waals surface area contributed by atoms with E-state index >= 15 is 0 Å². The highest BCUT2D eigenvalue weighted by Gasteiger charge is 2.22. The SMILES string of the molecule is CC(C)C[C@@H](C=O)N[C@@H](Cc1ccc(-c2ccc3c(c2)OCO3)cc1)C(=O)O. The molecule has 0 bridgehead atoms. The summed E-state index contributed by atoms with van der Waals surface area (Å²) in [7, 11) is 0. The average Bonchev–Trinajstić information content (AvgIpc) is 3.14. The molecule has 2 aromatic carbocycles. The number of carboxylic acid groups (broad SMARTS) is 1. The lowest BCUT2D eigenvalue weighted by atomic mass is 9.99. The zero-order chi connectivity index (χ0) is 20.1. The van der Waals surface area contributed by atoms with Gasteiger partial charge in [0.05, 0.1) is 6.04 Å². The van der Waals surface area contributed by atoms with Crippen LogP contribution in [0.2, 0.25) is 0 Å². The fourth-order valence-electron chi connectivity index (χ4n) is 3.29. The lowest BCUT2D eigenvalue weighted by molar-refractivity contribution is -0.139. The summed E-state index contributed by atoms with van der Waals surface area (Å²) < 4.78 is 10.7. The number of hydrogen-bond donors (Lipinski definition) is 2. The van der Waals surface area contributed by atoms with E-state index in [0.29, 0.717) is 18.8 Å². The maximum Gasteiger partial charge on any atom is 0.321 e. The van der Waals surface area contributed by atoms with Crippen molar-refractivity contribution in [2.45, 2.75) is 38.8 Å². The van der Waals surface area contributed by atoms with Gasteiger partial charge in [0.25, 0.3) is 0 Å². The first-order valence-electron chi connectivity index (χ1n) is 9.39. The molecule has 0 spiro atoms. The summed E-state index contributed by atoms with van der Waals surface area (Å²) in [5, 5.41) is 12.5. The number of benzene rings is 2. The molecule has 0 unspecified atom stereocenters. The number of fused-ring (bicyclic) bond motifs is 1. The molecule has 1 aliphatic heterocycles. The van der Waals surface area contributed by atoms with Crippen molar-refractivity contribution in [3.63, 3.8) is 0 Å². The third kappa shape index (κ3) is 4.89. The third-order valence-corrected chi connectivity index (χ3v) is 4.70. The summed E-state index contributed by atoms with van der Waals surface area (Å²) in [5.41, 5.74) is 2.90. The Morgan fingerprint density at radius 1 is 1.11 bits per heavy atom. The maximum absolute atomic E-state index is 11.6. The molecule has 0 aromatic heterocycles. The van der Waals surface area contributed by atoms with Gasteiger partial charge in [0, 0.05) is 0 Å². The fraction of sp³-hybridized carbons (Fsp3) is 0.364. The van der Waals surface area contributed by atoms with Gasteiger partial charge in [0.15, 0.2) is 11.5 Å². The van der Waals surface area contributed by atoms with Crippen LogP contribution in [0, 0.1) is 5.92 Å². The summed E-state index contributed by atoms with van der Waals surface area (Å²) in [6.45, 7) is 4.24. The number of nitrogens with one attached hydrogen (secondary N) is 1. The molecule has 2 aromatic rings. The van der Waals surface area contributed by atoms with Crippen LogP contribution in [0.4, 0.5) is 0 Å². The van der Waals surface area contributed by atoms with Crippen LogP contribution in [0.3, 0.4) is 0 Å². The van der Waals surface area contributed by atoms with Gasteiger partial charge >= 0.3 is 5.97 Å². The molecule has 6 nitrogen and oxygen atoms in total. The molecule has 28 heavy (non-hydrogen) atoms. The smallest absolute Gasteiger partial charge is 0.321 e. The Morgan fingerprint density at radius 2 is 1.79 bits per heavy atom. The molecule has 0 saturated carbocycles. The van der Waals surface area contributed by atoms with E-state index in [1.807, 2.05) is 56.3 Å². The molecule has 2 N–H and O–H groups in total. The molecule has 1 heterocycles. The van der Waals surface area contributed by atoms with Gasteiger partial charge in [-0.2, -0.15) is 0 Å². The number of carboxylic acids is 1. The third-order valence-electron chi connectivity index (χ3n) is 4.70. The van der Waals surface area contributed by atoms with Crippen LogP contribution < -0.4 is 14.8 Å². The number of ether oxygens (including phenoxy) is 2. The molecule has 0 aliphatic carbocycles. The van der Waals surface area contributed by atoms with Crippen molar-refractivity contribution in [2.24, 2.45) is 5.92 Å². The first-order chi connectivity index (χ1) is 13.5. The number of hydrogen-bond acceptors (Lipinski definition) is 5. The summed E-state index contributed by atoms with van der Waals surface area (Å²) in [4.78, 5) is 22.9. The number of aldehydes is 1. The molecule has 0 amide bonds. The Hall–Kier alpha value is -2.86. The van der Waals surface area contributed by atoms with Crippen LogP contribution in [0.5, 0.6) is 11.5 Å². The van der Waals surface area contributed by atoms with Gasteiger partial charge in [0.1, 0.15) is 12.3 Å². The molecule has 6 heteroatoms. The number of carbonyl (C=O) groups is 2. The molecular formula is C22H25NO5. The van der Waals surface area contributed by atoms with E-state index in [9.17, 15) is 14.7 Å². The fourth-order valence-corrected chi connectivity index (χ4v) is 3.29. The van der Waals surface area contributed by atoms with E-state index in [4.69, 9.17) is 9.47 Å². The summed E-state index contributed by atoms with van der Waals surface area (Å²) >= 11 is 0. The number of carbonyl (C=O) groups excluding carboxylic acids is 1. The quantitative estimate of drug-likeness (QED) is 0.647. The first kappa shape index (κ1) is 19.9. The Kier molecular flexibility index (Phi) is 6.31. The largest absolute Gasteiger partial charge is 0.480 e. The van der Waals surface area contributed by atoms with Crippen molar-refractivity contribution in [2.75, 3.05) is 6.79 Å². The van der Waals surface area contributed by atoms with Crippen molar-refractivity contribution >= 4 is 12.3 Å². The normalized spacial score (nSPS) is 14.7. The molecule has 2 atom stereocenters. The lowest BCUT2D eigenvalue weighted by Crippen LogP contribution is -2.46. The van der Waals surface area contributed by atoms with E-state index in [1.54, 1.807) is 0 Å². The van der Waals surface area contributed by atoms with Crippen molar-refractivity contribution in [3.8, 4) is 22.6 Å². The van der Waals surface area contributed by atoms with Gasteiger partial charge in [0.2, 0.25) is 6.79 Å². The molecule has 3 rings (SSSR count). The lowest BCUT2D eigenvalue weighted by Gasteiger charge is -2.20. The van der Waals surface area contributed by atoms with Crippen molar-refractivity contribution in [1.29, 1.82) is 0 Å².